The first-order chi connectivity index (χ1) is 9.65. The largest absolute Gasteiger partial charge is 0.380 e. The van der Waals surface area contributed by atoms with Gasteiger partial charge in [-0.3, -0.25) is 0 Å². The van der Waals surface area contributed by atoms with Gasteiger partial charge in [0.15, 0.2) is 0 Å². The van der Waals surface area contributed by atoms with Crippen LogP contribution in [0.1, 0.15) is 11.1 Å². The Morgan fingerprint density at radius 2 is 2.05 bits per heavy atom. The van der Waals surface area contributed by atoms with E-state index in [1.807, 2.05) is 54.2 Å². The number of anilines is 1. The molecule has 0 aliphatic heterocycles. The Bertz CT molecular complexity index is 765. The van der Waals surface area contributed by atoms with E-state index in [1.54, 1.807) is 0 Å². The fourth-order valence-corrected chi connectivity index (χ4v) is 2.54. The molecule has 0 atom stereocenters. The van der Waals surface area contributed by atoms with Crippen molar-refractivity contribution in [2.45, 2.75) is 13.5 Å². The van der Waals surface area contributed by atoms with Gasteiger partial charge in [-0.15, -0.1) is 0 Å². The fourth-order valence-electron chi connectivity index (χ4n) is 2.10. The number of halogens is 2. The summed E-state index contributed by atoms with van der Waals surface area (Å²) in [6.45, 7) is 2.58. The third-order valence-corrected chi connectivity index (χ3v) is 3.94. The van der Waals surface area contributed by atoms with Crippen molar-refractivity contribution in [3.05, 3.63) is 63.9 Å². The van der Waals surface area contributed by atoms with Gasteiger partial charge in [0.1, 0.15) is 0 Å². The summed E-state index contributed by atoms with van der Waals surface area (Å²) in [4.78, 5) is 0. The molecule has 0 saturated carbocycles. The molecule has 1 N–H and O–H groups in total. The molecule has 0 fully saturated rings. The van der Waals surface area contributed by atoms with E-state index >= 15 is 0 Å². The van der Waals surface area contributed by atoms with Crippen molar-refractivity contribution in [1.29, 1.82) is 0 Å². The molecule has 0 spiro atoms. The molecule has 5 heteroatoms. The van der Waals surface area contributed by atoms with Crippen molar-refractivity contribution < 1.29 is 0 Å². The molecule has 3 nitrogen and oxygen atoms in total. The van der Waals surface area contributed by atoms with Gasteiger partial charge >= 0.3 is 0 Å². The number of nitrogens with one attached hydrogen (secondary N) is 1. The van der Waals surface area contributed by atoms with Crippen molar-refractivity contribution in [3.63, 3.8) is 0 Å². The van der Waals surface area contributed by atoms with Crippen LogP contribution in [0.4, 0.5) is 5.69 Å². The van der Waals surface area contributed by atoms with Crippen LogP contribution in [0.15, 0.2) is 42.7 Å². The van der Waals surface area contributed by atoms with Gasteiger partial charge in [0.05, 0.1) is 22.4 Å². The molecule has 0 radical (unpaired) electrons. The van der Waals surface area contributed by atoms with Gasteiger partial charge in [0.2, 0.25) is 0 Å². The number of benzene rings is 1. The van der Waals surface area contributed by atoms with E-state index < -0.39 is 0 Å². The third kappa shape index (κ3) is 2.47. The lowest BCUT2D eigenvalue weighted by atomic mass is 10.2. The summed E-state index contributed by atoms with van der Waals surface area (Å²) in [5, 5.41) is 8.98. The molecule has 20 heavy (non-hydrogen) atoms. The maximum atomic E-state index is 6.22. The molecule has 0 bridgehead atoms. The lowest BCUT2D eigenvalue weighted by molar-refractivity contribution is 0.961. The van der Waals surface area contributed by atoms with E-state index in [2.05, 4.69) is 10.4 Å². The predicted molar refractivity (Wildman–Crippen MR) is 83.7 cm³/mol. The SMILES string of the molecule is Cc1cc(Cl)c(NCc2cnn3ccccc23)cc1Cl. The minimum absolute atomic E-state index is 0.645. The van der Waals surface area contributed by atoms with Crippen LogP contribution < -0.4 is 5.32 Å². The molecule has 0 amide bonds. The molecule has 1 aromatic carbocycles. The van der Waals surface area contributed by atoms with Crippen molar-refractivity contribution in [2.24, 2.45) is 0 Å². The van der Waals surface area contributed by atoms with Crippen LogP contribution in [0.5, 0.6) is 0 Å². The zero-order valence-electron chi connectivity index (χ0n) is 10.9. The van der Waals surface area contributed by atoms with E-state index in [-0.39, 0.29) is 0 Å². The molecule has 3 aromatic rings. The highest BCUT2D eigenvalue weighted by atomic mass is 35.5. The topological polar surface area (TPSA) is 29.3 Å². The lowest BCUT2D eigenvalue weighted by Crippen LogP contribution is -2.00. The van der Waals surface area contributed by atoms with Gasteiger partial charge in [-0.1, -0.05) is 29.3 Å². The number of aromatic nitrogens is 2. The van der Waals surface area contributed by atoms with Gasteiger partial charge in [-0.05, 0) is 36.8 Å². The van der Waals surface area contributed by atoms with E-state index in [0.29, 0.717) is 16.6 Å². The average molecular weight is 306 g/mol. The van der Waals surface area contributed by atoms with E-state index in [1.165, 1.54) is 0 Å². The summed E-state index contributed by atoms with van der Waals surface area (Å²) in [6.07, 6.45) is 3.78. The van der Waals surface area contributed by atoms with Gasteiger partial charge in [0, 0.05) is 23.3 Å². The second-order valence-corrected chi connectivity index (χ2v) is 5.45. The van der Waals surface area contributed by atoms with E-state index in [4.69, 9.17) is 23.2 Å². The molecule has 102 valence electrons. The summed E-state index contributed by atoms with van der Waals surface area (Å²) in [5.41, 5.74) is 3.99. The molecule has 0 aliphatic rings. The average Bonchev–Trinajstić information content (AvgIpc) is 2.85. The molecule has 2 aromatic heterocycles. The Morgan fingerprint density at radius 3 is 2.90 bits per heavy atom. The first-order valence-electron chi connectivity index (χ1n) is 6.26. The van der Waals surface area contributed by atoms with Crippen LogP contribution in [0.2, 0.25) is 10.0 Å². The molecule has 0 aliphatic carbocycles. The van der Waals surface area contributed by atoms with Crippen LogP contribution in [-0.4, -0.2) is 9.61 Å². The first kappa shape index (κ1) is 13.3. The van der Waals surface area contributed by atoms with E-state index in [9.17, 15) is 0 Å². The van der Waals surface area contributed by atoms with Gasteiger partial charge in [-0.25, -0.2) is 4.52 Å². The fraction of sp³-hybridized carbons (Fsp3) is 0.133. The minimum Gasteiger partial charge on any atom is -0.380 e. The minimum atomic E-state index is 0.645. The highest BCUT2D eigenvalue weighted by molar-refractivity contribution is 6.35. The summed E-state index contributed by atoms with van der Waals surface area (Å²) >= 11 is 12.3. The Balaban J connectivity index is 1.85. The van der Waals surface area contributed by atoms with Crippen molar-refractivity contribution in [1.82, 2.24) is 9.61 Å². The number of fused-ring (bicyclic) bond motifs is 1. The maximum absolute atomic E-state index is 6.22. The van der Waals surface area contributed by atoms with Gasteiger partial charge in [-0.2, -0.15) is 5.10 Å². The summed E-state index contributed by atoms with van der Waals surface area (Å²) in [5.74, 6) is 0. The number of rotatable bonds is 3. The Labute approximate surface area is 127 Å². The van der Waals surface area contributed by atoms with Crippen LogP contribution in [0.25, 0.3) is 5.52 Å². The molecular weight excluding hydrogens is 293 g/mol. The van der Waals surface area contributed by atoms with Crippen molar-refractivity contribution in [2.75, 3.05) is 5.32 Å². The highest BCUT2D eigenvalue weighted by Gasteiger charge is 2.07. The zero-order valence-corrected chi connectivity index (χ0v) is 12.4. The van der Waals surface area contributed by atoms with Crippen LogP contribution in [0.3, 0.4) is 0 Å². The van der Waals surface area contributed by atoms with Crippen LogP contribution >= 0.6 is 23.2 Å². The highest BCUT2D eigenvalue weighted by Crippen LogP contribution is 2.29. The second kappa shape index (κ2) is 5.35. The summed E-state index contributed by atoms with van der Waals surface area (Å²) in [6, 6.07) is 9.70. The lowest BCUT2D eigenvalue weighted by Gasteiger charge is -2.09. The number of nitrogens with zero attached hydrogens (tertiary/aromatic N) is 2. The Kier molecular flexibility index (Phi) is 3.55. The van der Waals surface area contributed by atoms with E-state index in [0.717, 1.165) is 22.3 Å². The number of aryl methyl sites for hydroxylation is 1. The van der Waals surface area contributed by atoms with Gasteiger partial charge in [0.25, 0.3) is 0 Å². The molecule has 2 heterocycles. The first-order valence-corrected chi connectivity index (χ1v) is 7.01. The smallest absolute Gasteiger partial charge is 0.0711 e. The van der Waals surface area contributed by atoms with Crippen molar-refractivity contribution >= 4 is 34.4 Å². The van der Waals surface area contributed by atoms with Gasteiger partial charge < -0.3 is 5.32 Å². The summed E-state index contributed by atoms with van der Waals surface area (Å²) < 4.78 is 1.85. The standard InChI is InChI=1S/C15H13Cl2N3/c1-10-6-13(17)14(7-12(10)16)18-8-11-9-19-20-5-3-2-4-15(11)20/h2-7,9,18H,8H2,1H3. The predicted octanol–water partition coefficient (Wildman–Crippen LogP) is 4.56. The van der Waals surface area contributed by atoms with Crippen LogP contribution in [-0.2, 0) is 6.54 Å². The summed E-state index contributed by atoms with van der Waals surface area (Å²) in [7, 11) is 0. The second-order valence-electron chi connectivity index (χ2n) is 4.64. The number of hydrogen-bond donors (Lipinski definition) is 1. The monoisotopic (exact) mass is 305 g/mol. The quantitative estimate of drug-likeness (QED) is 0.768. The van der Waals surface area contributed by atoms with Crippen LogP contribution in [0, 0.1) is 6.92 Å². The van der Waals surface area contributed by atoms with Crippen molar-refractivity contribution in [3.8, 4) is 0 Å². The molecule has 3 rings (SSSR count). The molecular formula is C15H13Cl2N3. The Hall–Kier alpha value is -1.71. The Morgan fingerprint density at radius 1 is 1.20 bits per heavy atom. The zero-order chi connectivity index (χ0) is 14.1. The number of pyridine rings is 1. The number of hydrogen-bond acceptors (Lipinski definition) is 2. The maximum Gasteiger partial charge on any atom is 0.0711 e. The molecule has 0 saturated heterocycles. The normalized spacial score (nSPS) is 10.9. The molecule has 0 unspecified atom stereocenters. The third-order valence-electron chi connectivity index (χ3n) is 3.22.